The van der Waals surface area contributed by atoms with E-state index >= 15 is 0 Å². The number of rotatable bonds is 10. The Labute approximate surface area is 132 Å². The van der Waals surface area contributed by atoms with Crippen molar-refractivity contribution < 1.29 is 14.3 Å². The number of hydrogen-bond acceptors (Lipinski definition) is 5. The molecule has 1 rings (SSSR count). The van der Waals surface area contributed by atoms with E-state index in [1.807, 2.05) is 0 Å². The molecule has 1 amide bonds. The van der Waals surface area contributed by atoms with Crippen LogP contribution in [-0.4, -0.2) is 58.8 Å². The summed E-state index contributed by atoms with van der Waals surface area (Å²) in [7, 11) is 7.26. The number of carbonyl (C=O) groups is 1. The molecule has 0 fully saturated rings. The van der Waals surface area contributed by atoms with Gasteiger partial charge in [0.05, 0.1) is 19.9 Å². The number of benzene rings is 1. The van der Waals surface area contributed by atoms with E-state index < -0.39 is 0 Å². The van der Waals surface area contributed by atoms with E-state index in [-0.39, 0.29) is 5.91 Å². The number of carbonyl (C=O) groups excluding carboxylic acids is 1. The maximum atomic E-state index is 12.0. The highest BCUT2D eigenvalue weighted by Gasteiger charge is 2.08. The highest BCUT2D eigenvalue weighted by atomic mass is 16.5. The van der Waals surface area contributed by atoms with Crippen molar-refractivity contribution in [2.75, 3.05) is 53.3 Å². The zero-order chi connectivity index (χ0) is 16.4. The standard InChI is InChI=1S/C16H27N3O3/c1-19(2)11-5-9-17-10-8-16(20)18-14-12-13(21-3)6-7-15(14)22-4/h6-7,12,17H,5,8-11H2,1-4H3,(H,18,20). The molecule has 0 unspecified atom stereocenters. The van der Waals surface area contributed by atoms with Crippen LogP contribution < -0.4 is 20.1 Å². The molecule has 0 saturated carbocycles. The van der Waals surface area contributed by atoms with Gasteiger partial charge < -0.3 is 25.0 Å². The lowest BCUT2D eigenvalue weighted by atomic mass is 10.2. The van der Waals surface area contributed by atoms with Crippen molar-refractivity contribution in [1.29, 1.82) is 0 Å². The van der Waals surface area contributed by atoms with Crippen LogP contribution in [-0.2, 0) is 4.79 Å². The van der Waals surface area contributed by atoms with E-state index in [9.17, 15) is 4.79 Å². The number of nitrogens with zero attached hydrogens (tertiary/aromatic N) is 1. The van der Waals surface area contributed by atoms with Gasteiger partial charge in [-0.05, 0) is 45.7 Å². The first kappa shape index (κ1) is 18.3. The van der Waals surface area contributed by atoms with E-state index in [0.29, 0.717) is 30.2 Å². The average Bonchev–Trinajstić information content (AvgIpc) is 2.50. The van der Waals surface area contributed by atoms with Crippen molar-refractivity contribution in [2.45, 2.75) is 12.8 Å². The van der Waals surface area contributed by atoms with Crippen LogP contribution in [0.4, 0.5) is 5.69 Å². The van der Waals surface area contributed by atoms with Gasteiger partial charge in [0.1, 0.15) is 11.5 Å². The van der Waals surface area contributed by atoms with Crippen LogP contribution in [0.3, 0.4) is 0 Å². The Morgan fingerprint density at radius 3 is 2.59 bits per heavy atom. The Morgan fingerprint density at radius 1 is 1.18 bits per heavy atom. The number of methoxy groups -OCH3 is 2. The zero-order valence-corrected chi connectivity index (χ0v) is 13.9. The molecular formula is C16H27N3O3. The summed E-state index contributed by atoms with van der Waals surface area (Å²) >= 11 is 0. The number of amides is 1. The molecule has 0 heterocycles. The summed E-state index contributed by atoms with van der Waals surface area (Å²) in [5, 5.41) is 6.12. The molecule has 6 heteroatoms. The van der Waals surface area contributed by atoms with E-state index in [1.54, 1.807) is 32.4 Å². The minimum absolute atomic E-state index is 0.0494. The molecule has 0 atom stereocenters. The maximum Gasteiger partial charge on any atom is 0.225 e. The topological polar surface area (TPSA) is 62.8 Å². The summed E-state index contributed by atoms with van der Waals surface area (Å²) in [5.74, 6) is 1.25. The molecule has 0 aromatic heterocycles. The fourth-order valence-electron chi connectivity index (χ4n) is 1.97. The van der Waals surface area contributed by atoms with E-state index in [0.717, 1.165) is 19.5 Å². The van der Waals surface area contributed by atoms with E-state index in [1.165, 1.54) is 0 Å². The third kappa shape index (κ3) is 6.78. The SMILES string of the molecule is COc1ccc(OC)c(NC(=O)CCNCCCN(C)C)c1. The van der Waals surface area contributed by atoms with Crippen molar-refractivity contribution in [2.24, 2.45) is 0 Å². The molecule has 0 aliphatic carbocycles. The first-order valence-electron chi connectivity index (χ1n) is 7.44. The van der Waals surface area contributed by atoms with Crippen LogP contribution in [0.15, 0.2) is 18.2 Å². The molecule has 1 aromatic rings. The lowest BCUT2D eigenvalue weighted by Gasteiger charge is -2.12. The molecular weight excluding hydrogens is 282 g/mol. The Kier molecular flexibility index (Phi) is 8.32. The molecule has 124 valence electrons. The molecule has 0 radical (unpaired) electrons. The number of ether oxygens (including phenoxy) is 2. The molecule has 0 spiro atoms. The summed E-state index contributed by atoms with van der Waals surface area (Å²) in [6, 6.07) is 5.32. The predicted octanol–water partition coefficient (Wildman–Crippen LogP) is 1.57. The predicted molar refractivity (Wildman–Crippen MR) is 88.8 cm³/mol. The van der Waals surface area contributed by atoms with Gasteiger partial charge in [-0.3, -0.25) is 4.79 Å². The fourth-order valence-corrected chi connectivity index (χ4v) is 1.97. The van der Waals surface area contributed by atoms with Crippen LogP contribution in [0, 0.1) is 0 Å². The Bertz CT molecular complexity index is 464. The van der Waals surface area contributed by atoms with Crippen LogP contribution in [0.2, 0.25) is 0 Å². The van der Waals surface area contributed by atoms with Gasteiger partial charge in [-0.1, -0.05) is 0 Å². The van der Waals surface area contributed by atoms with E-state index in [4.69, 9.17) is 9.47 Å². The van der Waals surface area contributed by atoms with Crippen LogP contribution >= 0.6 is 0 Å². The molecule has 1 aromatic carbocycles. The molecule has 0 saturated heterocycles. The van der Waals surface area contributed by atoms with Gasteiger partial charge in [-0.2, -0.15) is 0 Å². The molecule has 2 N–H and O–H groups in total. The summed E-state index contributed by atoms with van der Waals surface area (Å²) in [4.78, 5) is 14.1. The number of hydrogen-bond donors (Lipinski definition) is 2. The van der Waals surface area contributed by atoms with Gasteiger partial charge in [-0.15, -0.1) is 0 Å². The quantitative estimate of drug-likeness (QED) is 0.643. The molecule has 6 nitrogen and oxygen atoms in total. The summed E-state index contributed by atoms with van der Waals surface area (Å²) in [6.07, 6.45) is 1.49. The molecule has 0 bridgehead atoms. The third-order valence-electron chi connectivity index (χ3n) is 3.17. The van der Waals surface area contributed by atoms with Crippen molar-refractivity contribution >= 4 is 11.6 Å². The monoisotopic (exact) mass is 309 g/mol. The zero-order valence-electron chi connectivity index (χ0n) is 13.9. The molecule has 22 heavy (non-hydrogen) atoms. The Morgan fingerprint density at radius 2 is 1.95 bits per heavy atom. The van der Waals surface area contributed by atoms with Crippen molar-refractivity contribution in [3.8, 4) is 11.5 Å². The summed E-state index contributed by atoms with van der Waals surface area (Å²) in [5.41, 5.74) is 0.624. The van der Waals surface area contributed by atoms with Crippen molar-refractivity contribution in [1.82, 2.24) is 10.2 Å². The van der Waals surface area contributed by atoms with E-state index in [2.05, 4.69) is 29.6 Å². The second-order valence-corrected chi connectivity index (χ2v) is 5.27. The number of nitrogens with one attached hydrogen (secondary N) is 2. The maximum absolute atomic E-state index is 12.0. The fraction of sp³-hybridized carbons (Fsp3) is 0.562. The van der Waals surface area contributed by atoms with Gasteiger partial charge in [0.15, 0.2) is 0 Å². The normalized spacial score (nSPS) is 10.6. The van der Waals surface area contributed by atoms with Crippen molar-refractivity contribution in [3.63, 3.8) is 0 Å². The molecule has 0 aliphatic heterocycles. The van der Waals surface area contributed by atoms with Crippen molar-refractivity contribution in [3.05, 3.63) is 18.2 Å². The minimum atomic E-state index is -0.0494. The van der Waals surface area contributed by atoms with Gasteiger partial charge in [0.2, 0.25) is 5.91 Å². The molecule has 0 aliphatic rings. The highest BCUT2D eigenvalue weighted by Crippen LogP contribution is 2.28. The smallest absolute Gasteiger partial charge is 0.225 e. The van der Waals surface area contributed by atoms with Gasteiger partial charge in [-0.25, -0.2) is 0 Å². The van der Waals surface area contributed by atoms with Gasteiger partial charge in [0.25, 0.3) is 0 Å². The third-order valence-corrected chi connectivity index (χ3v) is 3.17. The minimum Gasteiger partial charge on any atom is -0.497 e. The first-order valence-corrected chi connectivity index (χ1v) is 7.44. The Balaban J connectivity index is 2.35. The van der Waals surface area contributed by atoms with Crippen LogP contribution in [0.5, 0.6) is 11.5 Å². The number of anilines is 1. The Hall–Kier alpha value is -1.79. The lowest BCUT2D eigenvalue weighted by Crippen LogP contribution is -2.25. The van der Waals surface area contributed by atoms with Gasteiger partial charge in [0, 0.05) is 19.0 Å². The summed E-state index contributed by atoms with van der Waals surface area (Å²) in [6.45, 7) is 2.61. The average molecular weight is 309 g/mol. The second kappa shape index (κ2) is 10.0. The second-order valence-electron chi connectivity index (χ2n) is 5.27. The largest absolute Gasteiger partial charge is 0.497 e. The highest BCUT2D eigenvalue weighted by molar-refractivity contribution is 5.92. The summed E-state index contributed by atoms with van der Waals surface area (Å²) < 4.78 is 10.4. The first-order chi connectivity index (χ1) is 10.6. The van der Waals surface area contributed by atoms with Crippen LogP contribution in [0.25, 0.3) is 0 Å². The van der Waals surface area contributed by atoms with Gasteiger partial charge >= 0.3 is 0 Å². The van der Waals surface area contributed by atoms with Crippen LogP contribution in [0.1, 0.15) is 12.8 Å². The lowest BCUT2D eigenvalue weighted by molar-refractivity contribution is -0.116.